The van der Waals surface area contributed by atoms with Crippen LogP contribution in [0, 0.1) is 0 Å². The highest BCUT2D eigenvalue weighted by atomic mass is 16.5. The largest absolute Gasteiger partial charge is 0.490 e. The summed E-state index contributed by atoms with van der Waals surface area (Å²) >= 11 is 0. The maximum absolute atomic E-state index is 12.7. The lowest BCUT2D eigenvalue weighted by Crippen LogP contribution is -2.10. The zero-order valence-corrected chi connectivity index (χ0v) is 17.3. The van der Waals surface area contributed by atoms with Crippen molar-refractivity contribution in [3.05, 3.63) is 64.5 Å². The fraction of sp³-hybridized carbons (Fsp3) is 0.333. The van der Waals surface area contributed by atoms with Gasteiger partial charge in [-0.25, -0.2) is 9.59 Å². The molecule has 0 N–H and O–H groups in total. The van der Waals surface area contributed by atoms with Crippen LogP contribution in [0.4, 0.5) is 0 Å². The first kappa shape index (κ1) is 21.4. The lowest BCUT2D eigenvalue weighted by molar-refractivity contribution is 0.0734. The number of hydrogen-bond donors (Lipinski definition) is 0. The standard InChI is InChI=1S/C24H26O6/c1-3-5-13-27-21-10-7-18(16-22(21)28-14-6-4-2)24(26)29-19-9-11-20-17(15-19)8-12-23(25)30-20/h7-12,15-16H,3-6,13-14H2,1-2H3. The highest BCUT2D eigenvalue weighted by Crippen LogP contribution is 2.30. The SMILES string of the molecule is CCCCOc1ccc(C(=O)Oc2ccc3oc(=O)ccc3c2)cc1OCCCC. The Labute approximate surface area is 175 Å². The topological polar surface area (TPSA) is 75.0 Å². The Morgan fingerprint density at radius 3 is 2.33 bits per heavy atom. The normalized spacial score (nSPS) is 10.7. The quantitative estimate of drug-likeness (QED) is 0.194. The molecule has 2 aromatic carbocycles. The summed E-state index contributed by atoms with van der Waals surface area (Å²) in [5, 5.41) is 0.670. The van der Waals surface area contributed by atoms with Gasteiger partial charge in [-0.2, -0.15) is 0 Å². The van der Waals surface area contributed by atoms with Gasteiger partial charge in [-0.3, -0.25) is 0 Å². The average Bonchev–Trinajstić information content (AvgIpc) is 2.75. The van der Waals surface area contributed by atoms with Gasteiger partial charge >= 0.3 is 11.6 Å². The van der Waals surface area contributed by atoms with Gasteiger partial charge in [0.15, 0.2) is 11.5 Å². The summed E-state index contributed by atoms with van der Waals surface area (Å²) in [5.74, 6) is 1.01. The van der Waals surface area contributed by atoms with Crippen LogP contribution in [-0.4, -0.2) is 19.2 Å². The molecule has 3 aromatic rings. The molecular weight excluding hydrogens is 384 g/mol. The van der Waals surface area contributed by atoms with Crippen LogP contribution in [0.1, 0.15) is 49.9 Å². The molecule has 158 valence electrons. The minimum absolute atomic E-state index is 0.359. The molecule has 0 saturated carbocycles. The number of fused-ring (bicyclic) bond motifs is 1. The number of benzene rings is 2. The number of unbranched alkanes of at least 4 members (excludes halogenated alkanes) is 2. The molecule has 0 saturated heterocycles. The van der Waals surface area contributed by atoms with Gasteiger partial charge in [-0.05, 0) is 55.3 Å². The highest BCUT2D eigenvalue weighted by Gasteiger charge is 2.14. The Kier molecular flexibility index (Phi) is 7.49. The monoisotopic (exact) mass is 410 g/mol. The lowest BCUT2D eigenvalue weighted by atomic mass is 10.2. The molecule has 0 aliphatic carbocycles. The van der Waals surface area contributed by atoms with Gasteiger partial charge < -0.3 is 18.6 Å². The van der Waals surface area contributed by atoms with E-state index < -0.39 is 11.6 Å². The van der Waals surface area contributed by atoms with Crippen LogP contribution in [0.5, 0.6) is 17.2 Å². The zero-order chi connectivity index (χ0) is 21.3. The molecule has 6 heteroatoms. The molecule has 0 atom stereocenters. The second-order valence-corrected chi connectivity index (χ2v) is 6.91. The predicted octanol–water partition coefficient (Wildman–Crippen LogP) is 5.37. The third-order valence-electron chi connectivity index (χ3n) is 4.49. The van der Waals surface area contributed by atoms with Crippen LogP contribution in [0.3, 0.4) is 0 Å². The van der Waals surface area contributed by atoms with E-state index in [0.29, 0.717) is 47.0 Å². The molecule has 0 aliphatic rings. The number of ether oxygens (including phenoxy) is 3. The summed E-state index contributed by atoms with van der Waals surface area (Å²) in [6.45, 7) is 5.33. The third kappa shape index (κ3) is 5.63. The number of carbonyl (C=O) groups excluding carboxylic acids is 1. The van der Waals surface area contributed by atoms with Crippen LogP contribution < -0.4 is 19.8 Å². The Hall–Kier alpha value is -3.28. The molecule has 30 heavy (non-hydrogen) atoms. The molecule has 0 spiro atoms. The highest BCUT2D eigenvalue weighted by molar-refractivity contribution is 5.92. The molecule has 3 rings (SSSR count). The number of hydrogen-bond acceptors (Lipinski definition) is 6. The van der Waals surface area contributed by atoms with Gasteiger partial charge in [0.05, 0.1) is 18.8 Å². The van der Waals surface area contributed by atoms with Crippen molar-refractivity contribution in [1.29, 1.82) is 0 Å². The number of esters is 1. The van der Waals surface area contributed by atoms with Gasteiger partial charge in [-0.15, -0.1) is 0 Å². The van der Waals surface area contributed by atoms with Gasteiger partial charge in [0.1, 0.15) is 11.3 Å². The maximum Gasteiger partial charge on any atom is 0.343 e. The second kappa shape index (κ2) is 10.5. The van der Waals surface area contributed by atoms with E-state index >= 15 is 0 Å². The molecule has 0 unspecified atom stereocenters. The predicted molar refractivity (Wildman–Crippen MR) is 115 cm³/mol. The smallest absolute Gasteiger partial charge is 0.343 e. The van der Waals surface area contributed by atoms with Crippen LogP contribution in [0.25, 0.3) is 11.0 Å². The van der Waals surface area contributed by atoms with Crippen LogP contribution >= 0.6 is 0 Å². The first-order valence-electron chi connectivity index (χ1n) is 10.3. The average molecular weight is 410 g/mol. The van der Waals surface area contributed by atoms with E-state index in [4.69, 9.17) is 18.6 Å². The van der Waals surface area contributed by atoms with Crippen molar-refractivity contribution in [1.82, 2.24) is 0 Å². The van der Waals surface area contributed by atoms with Crippen molar-refractivity contribution >= 4 is 16.9 Å². The van der Waals surface area contributed by atoms with Crippen molar-refractivity contribution in [2.75, 3.05) is 13.2 Å². The third-order valence-corrected chi connectivity index (χ3v) is 4.49. The summed E-state index contributed by atoms with van der Waals surface area (Å²) in [6, 6.07) is 12.8. The molecule has 0 fully saturated rings. The molecule has 0 bridgehead atoms. The minimum Gasteiger partial charge on any atom is -0.490 e. The second-order valence-electron chi connectivity index (χ2n) is 6.91. The maximum atomic E-state index is 12.7. The van der Waals surface area contributed by atoms with E-state index in [1.54, 1.807) is 42.5 Å². The summed E-state index contributed by atoms with van der Waals surface area (Å²) < 4.78 is 22.2. The van der Waals surface area contributed by atoms with Crippen molar-refractivity contribution in [2.45, 2.75) is 39.5 Å². The number of carbonyl (C=O) groups is 1. The fourth-order valence-electron chi connectivity index (χ4n) is 2.80. The molecule has 1 heterocycles. The Morgan fingerprint density at radius 2 is 1.60 bits per heavy atom. The van der Waals surface area contributed by atoms with Crippen molar-refractivity contribution in [3.63, 3.8) is 0 Å². The first-order valence-corrected chi connectivity index (χ1v) is 10.3. The molecule has 0 radical (unpaired) electrons. The van der Waals surface area contributed by atoms with Crippen LogP contribution in [-0.2, 0) is 0 Å². The minimum atomic E-state index is -0.507. The van der Waals surface area contributed by atoms with Gasteiger partial charge in [-0.1, -0.05) is 26.7 Å². The number of rotatable bonds is 10. The zero-order valence-electron chi connectivity index (χ0n) is 17.3. The lowest BCUT2D eigenvalue weighted by Gasteiger charge is -2.14. The van der Waals surface area contributed by atoms with Gasteiger partial charge in [0.25, 0.3) is 0 Å². The van der Waals surface area contributed by atoms with Crippen LogP contribution in [0.15, 0.2) is 57.7 Å². The van der Waals surface area contributed by atoms with Crippen molar-refractivity contribution < 1.29 is 23.4 Å². The van der Waals surface area contributed by atoms with Gasteiger partial charge in [0, 0.05) is 11.5 Å². The summed E-state index contributed by atoms with van der Waals surface area (Å²) in [5.41, 5.74) is 0.371. The Morgan fingerprint density at radius 1 is 0.867 bits per heavy atom. The fourth-order valence-corrected chi connectivity index (χ4v) is 2.80. The van der Waals surface area contributed by atoms with E-state index in [-0.39, 0.29) is 0 Å². The molecule has 0 aliphatic heterocycles. The molecule has 0 amide bonds. The summed E-state index contributed by atoms with van der Waals surface area (Å²) in [4.78, 5) is 24.0. The van der Waals surface area contributed by atoms with E-state index in [1.165, 1.54) is 6.07 Å². The molecule has 1 aromatic heterocycles. The van der Waals surface area contributed by atoms with Crippen molar-refractivity contribution in [3.8, 4) is 17.2 Å². The van der Waals surface area contributed by atoms with E-state index in [2.05, 4.69) is 13.8 Å². The Balaban J connectivity index is 1.77. The molecule has 6 nitrogen and oxygen atoms in total. The Bertz CT molecular complexity index is 1050. The van der Waals surface area contributed by atoms with Gasteiger partial charge in [0.2, 0.25) is 0 Å². The first-order chi connectivity index (χ1) is 14.6. The van der Waals surface area contributed by atoms with E-state index in [1.807, 2.05) is 0 Å². The van der Waals surface area contributed by atoms with Crippen LogP contribution in [0.2, 0.25) is 0 Å². The van der Waals surface area contributed by atoms with Crippen molar-refractivity contribution in [2.24, 2.45) is 0 Å². The van der Waals surface area contributed by atoms with E-state index in [9.17, 15) is 9.59 Å². The molecular formula is C24H26O6. The summed E-state index contributed by atoms with van der Waals surface area (Å²) in [6.07, 6.45) is 3.90. The van der Waals surface area contributed by atoms with E-state index in [0.717, 1.165) is 25.7 Å². The summed E-state index contributed by atoms with van der Waals surface area (Å²) in [7, 11) is 0.